The van der Waals surface area contributed by atoms with Crippen molar-refractivity contribution in [3.8, 4) is 0 Å². The molecule has 1 heterocycles. The van der Waals surface area contributed by atoms with Gasteiger partial charge in [0.2, 0.25) is 0 Å². The van der Waals surface area contributed by atoms with Crippen molar-refractivity contribution in [3.63, 3.8) is 0 Å². The molecule has 1 atom stereocenters. The predicted octanol–water partition coefficient (Wildman–Crippen LogP) is 2.84. The van der Waals surface area contributed by atoms with Crippen molar-refractivity contribution in [2.24, 2.45) is 0 Å². The second-order valence-electron chi connectivity index (χ2n) is 2.62. The van der Waals surface area contributed by atoms with E-state index in [4.69, 9.17) is 0 Å². The molecule has 0 amide bonds. The average molecular weight is 202 g/mol. The fourth-order valence-electron chi connectivity index (χ4n) is 0.944. The lowest BCUT2D eigenvalue weighted by Crippen LogP contribution is -1.97. The second kappa shape index (κ2) is 4.90. The first-order chi connectivity index (χ1) is 5.74. The zero-order valence-corrected chi connectivity index (χ0v) is 9.04. The molecule has 12 heavy (non-hydrogen) atoms. The Labute approximate surface area is 81.8 Å². The Hall–Kier alpha value is 0.01000. The van der Waals surface area contributed by atoms with Crippen LogP contribution in [0.5, 0.6) is 0 Å². The van der Waals surface area contributed by atoms with E-state index >= 15 is 0 Å². The first-order valence-electron chi connectivity index (χ1n) is 4.06. The molecule has 0 spiro atoms. The van der Waals surface area contributed by atoms with Crippen LogP contribution in [-0.2, 0) is 0 Å². The molecule has 0 bridgehead atoms. The van der Waals surface area contributed by atoms with E-state index in [-0.39, 0.29) is 6.10 Å². The Bertz CT molecular complexity index is 232. The largest absolute Gasteiger partial charge is 0.387 e. The third-order valence-corrected chi connectivity index (χ3v) is 3.63. The molecule has 0 saturated heterocycles. The summed E-state index contributed by atoms with van der Waals surface area (Å²) < 4.78 is 0. The maximum absolute atomic E-state index is 9.65. The molecule has 0 saturated carbocycles. The SMILES string of the molecule is CCSCC(O)c1ccc(C)s1. The van der Waals surface area contributed by atoms with Gasteiger partial charge in [0, 0.05) is 15.5 Å². The summed E-state index contributed by atoms with van der Waals surface area (Å²) in [5.74, 6) is 1.89. The van der Waals surface area contributed by atoms with Crippen molar-refractivity contribution in [1.29, 1.82) is 0 Å². The molecule has 1 unspecified atom stereocenters. The Morgan fingerprint density at radius 1 is 1.58 bits per heavy atom. The smallest absolute Gasteiger partial charge is 0.0972 e. The number of hydrogen-bond acceptors (Lipinski definition) is 3. The van der Waals surface area contributed by atoms with E-state index in [1.807, 2.05) is 6.07 Å². The van der Waals surface area contributed by atoms with E-state index in [2.05, 4.69) is 19.9 Å². The molecule has 0 radical (unpaired) electrons. The van der Waals surface area contributed by atoms with E-state index < -0.39 is 0 Å². The highest BCUT2D eigenvalue weighted by molar-refractivity contribution is 7.99. The summed E-state index contributed by atoms with van der Waals surface area (Å²) in [4.78, 5) is 2.36. The van der Waals surface area contributed by atoms with Crippen LogP contribution in [0, 0.1) is 6.92 Å². The molecule has 0 aliphatic carbocycles. The molecular weight excluding hydrogens is 188 g/mol. The first kappa shape index (κ1) is 10.1. The molecule has 1 aromatic heterocycles. The number of aryl methyl sites for hydroxylation is 1. The lowest BCUT2D eigenvalue weighted by molar-refractivity contribution is 0.208. The van der Waals surface area contributed by atoms with Crippen molar-refractivity contribution >= 4 is 23.1 Å². The Morgan fingerprint density at radius 3 is 2.83 bits per heavy atom. The van der Waals surface area contributed by atoms with Crippen molar-refractivity contribution in [1.82, 2.24) is 0 Å². The van der Waals surface area contributed by atoms with E-state index in [9.17, 15) is 5.11 Å². The predicted molar refractivity (Wildman–Crippen MR) is 57.0 cm³/mol. The van der Waals surface area contributed by atoms with Gasteiger partial charge in [-0.3, -0.25) is 0 Å². The summed E-state index contributed by atoms with van der Waals surface area (Å²) in [6.45, 7) is 4.17. The van der Waals surface area contributed by atoms with Crippen LogP contribution in [0.15, 0.2) is 12.1 Å². The van der Waals surface area contributed by atoms with Crippen LogP contribution in [0.2, 0.25) is 0 Å². The summed E-state index contributed by atoms with van der Waals surface area (Å²) in [6, 6.07) is 4.07. The third-order valence-electron chi connectivity index (χ3n) is 1.57. The van der Waals surface area contributed by atoms with Gasteiger partial charge in [0.05, 0.1) is 6.10 Å². The van der Waals surface area contributed by atoms with Crippen molar-refractivity contribution in [2.75, 3.05) is 11.5 Å². The molecule has 3 heteroatoms. The number of hydrogen-bond donors (Lipinski definition) is 1. The van der Waals surface area contributed by atoms with Gasteiger partial charge in [-0.1, -0.05) is 6.92 Å². The molecule has 0 fully saturated rings. The molecule has 0 aliphatic rings. The topological polar surface area (TPSA) is 20.2 Å². The van der Waals surface area contributed by atoms with E-state index in [1.54, 1.807) is 23.1 Å². The van der Waals surface area contributed by atoms with Crippen LogP contribution in [-0.4, -0.2) is 16.6 Å². The van der Waals surface area contributed by atoms with Crippen LogP contribution >= 0.6 is 23.1 Å². The zero-order chi connectivity index (χ0) is 8.97. The summed E-state index contributed by atoms with van der Waals surface area (Å²) in [6.07, 6.45) is -0.270. The summed E-state index contributed by atoms with van der Waals surface area (Å²) >= 11 is 3.46. The highest BCUT2D eigenvalue weighted by Gasteiger charge is 2.08. The maximum atomic E-state index is 9.65. The molecule has 1 aromatic rings. The number of thiophene rings is 1. The van der Waals surface area contributed by atoms with Gasteiger partial charge in [0.15, 0.2) is 0 Å². The van der Waals surface area contributed by atoms with Gasteiger partial charge in [-0.2, -0.15) is 11.8 Å². The maximum Gasteiger partial charge on any atom is 0.0972 e. The van der Waals surface area contributed by atoms with Crippen LogP contribution < -0.4 is 0 Å². The van der Waals surface area contributed by atoms with Crippen LogP contribution in [0.4, 0.5) is 0 Å². The molecule has 68 valence electrons. The minimum atomic E-state index is -0.270. The van der Waals surface area contributed by atoms with Crippen molar-refractivity contribution in [2.45, 2.75) is 20.0 Å². The van der Waals surface area contributed by atoms with Gasteiger partial charge in [-0.15, -0.1) is 11.3 Å². The van der Waals surface area contributed by atoms with Crippen molar-refractivity contribution in [3.05, 3.63) is 21.9 Å². The van der Waals surface area contributed by atoms with Gasteiger partial charge >= 0.3 is 0 Å². The van der Waals surface area contributed by atoms with Crippen LogP contribution in [0.3, 0.4) is 0 Å². The Balaban J connectivity index is 2.47. The highest BCUT2D eigenvalue weighted by atomic mass is 32.2. The van der Waals surface area contributed by atoms with Gasteiger partial charge in [0.25, 0.3) is 0 Å². The standard InChI is InChI=1S/C9H14OS2/c1-3-11-6-8(10)9-5-4-7(2)12-9/h4-5,8,10H,3,6H2,1-2H3. The Morgan fingerprint density at radius 2 is 2.33 bits per heavy atom. The second-order valence-corrected chi connectivity index (χ2v) is 5.26. The summed E-state index contributed by atoms with van der Waals surface area (Å²) in [7, 11) is 0. The summed E-state index contributed by atoms with van der Waals surface area (Å²) in [5, 5.41) is 9.65. The molecule has 0 aromatic carbocycles. The average Bonchev–Trinajstić information content (AvgIpc) is 2.47. The first-order valence-corrected chi connectivity index (χ1v) is 6.03. The summed E-state index contributed by atoms with van der Waals surface area (Å²) in [5.41, 5.74) is 0. The third kappa shape index (κ3) is 2.81. The minimum Gasteiger partial charge on any atom is -0.387 e. The lowest BCUT2D eigenvalue weighted by Gasteiger charge is -2.05. The van der Waals surface area contributed by atoms with E-state index in [0.717, 1.165) is 16.4 Å². The Kier molecular flexibility index (Phi) is 4.12. The molecule has 0 aliphatic heterocycles. The number of aliphatic hydroxyl groups excluding tert-OH is 1. The molecule has 1 N–H and O–H groups in total. The van der Waals surface area contributed by atoms with Gasteiger partial charge in [-0.25, -0.2) is 0 Å². The highest BCUT2D eigenvalue weighted by Crippen LogP contribution is 2.25. The number of rotatable bonds is 4. The quantitative estimate of drug-likeness (QED) is 0.810. The van der Waals surface area contributed by atoms with Gasteiger partial charge in [0.1, 0.15) is 0 Å². The monoisotopic (exact) mass is 202 g/mol. The minimum absolute atomic E-state index is 0.270. The lowest BCUT2D eigenvalue weighted by atomic mass is 10.3. The molecule has 1 nitrogen and oxygen atoms in total. The van der Waals surface area contributed by atoms with E-state index in [0.29, 0.717) is 0 Å². The normalized spacial score (nSPS) is 13.2. The van der Waals surface area contributed by atoms with E-state index in [1.165, 1.54) is 4.88 Å². The van der Waals surface area contributed by atoms with Crippen molar-refractivity contribution < 1.29 is 5.11 Å². The zero-order valence-electron chi connectivity index (χ0n) is 7.41. The van der Waals surface area contributed by atoms with Gasteiger partial charge < -0.3 is 5.11 Å². The fourth-order valence-corrected chi connectivity index (χ4v) is 2.55. The van der Waals surface area contributed by atoms with Crippen LogP contribution in [0.1, 0.15) is 22.8 Å². The fraction of sp³-hybridized carbons (Fsp3) is 0.556. The number of aliphatic hydroxyl groups is 1. The van der Waals surface area contributed by atoms with Gasteiger partial charge in [-0.05, 0) is 24.8 Å². The molecule has 1 rings (SSSR count). The molecular formula is C9H14OS2. The number of thioether (sulfide) groups is 1. The van der Waals surface area contributed by atoms with Crippen LogP contribution in [0.25, 0.3) is 0 Å².